The Morgan fingerprint density at radius 3 is 2.24 bits per heavy atom. The highest BCUT2D eigenvalue weighted by molar-refractivity contribution is 5.93. The smallest absolute Gasteiger partial charge is 0.339 e. The maximum Gasteiger partial charge on any atom is 0.339 e. The minimum Gasteiger partial charge on any atom is -0.507 e. The number of aromatic nitrogens is 2. The normalized spacial score (nSPS) is 10.8. The number of anilines is 1. The first-order valence-corrected chi connectivity index (χ1v) is 9.98. The monoisotopic (exact) mass is 440 g/mol. The van der Waals surface area contributed by atoms with Crippen LogP contribution in [0, 0.1) is 0 Å². The van der Waals surface area contributed by atoms with Crippen molar-refractivity contribution in [3.05, 3.63) is 90.0 Å². The van der Waals surface area contributed by atoms with Crippen molar-refractivity contribution in [1.82, 2.24) is 9.97 Å². The van der Waals surface area contributed by atoms with Gasteiger partial charge in [0, 0.05) is 11.1 Å². The van der Waals surface area contributed by atoms with Crippen molar-refractivity contribution in [2.75, 3.05) is 12.5 Å². The van der Waals surface area contributed by atoms with Crippen LogP contribution in [0.15, 0.2) is 84.0 Å². The molecule has 0 atom stereocenters. The van der Waals surface area contributed by atoms with Gasteiger partial charge in [-0.05, 0) is 54.1 Å². The number of ether oxygens (including phenoxy) is 1. The zero-order valence-electron chi connectivity index (χ0n) is 17.6. The Balaban J connectivity index is 1.66. The standard InChI is InChI=1S/C25H20N4O4/c1-33-19-10-8-18(9-11-19)22-14-21(17-5-3-2-4-6-17)27-25(28-22)29-26-15-16-7-12-23(30)20(13-16)24(31)32/h2-15,30H,1H3,(H,31,32)(H,27,28,29). The van der Waals surface area contributed by atoms with Gasteiger partial charge < -0.3 is 14.9 Å². The fourth-order valence-corrected chi connectivity index (χ4v) is 3.13. The van der Waals surface area contributed by atoms with Crippen molar-refractivity contribution in [3.63, 3.8) is 0 Å². The van der Waals surface area contributed by atoms with Crippen LogP contribution in [0.4, 0.5) is 5.95 Å². The Morgan fingerprint density at radius 2 is 1.61 bits per heavy atom. The van der Waals surface area contributed by atoms with Gasteiger partial charge in [-0.2, -0.15) is 5.10 Å². The van der Waals surface area contributed by atoms with E-state index >= 15 is 0 Å². The van der Waals surface area contributed by atoms with E-state index in [1.807, 2.05) is 60.7 Å². The molecule has 0 unspecified atom stereocenters. The van der Waals surface area contributed by atoms with Crippen LogP contribution in [0.3, 0.4) is 0 Å². The van der Waals surface area contributed by atoms with Gasteiger partial charge in [0.15, 0.2) is 0 Å². The number of aromatic carboxylic acids is 1. The second-order valence-corrected chi connectivity index (χ2v) is 7.01. The van der Waals surface area contributed by atoms with E-state index in [1.165, 1.54) is 18.3 Å². The van der Waals surface area contributed by atoms with E-state index in [2.05, 4.69) is 20.5 Å². The van der Waals surface area contributed by atoms with E-state index in [0.717, 1.165) is 16.9 Å². The summed E-state index contributed by atoms with van der Waals surface area (Å²) in [5.74, 6) is -0.515. The minimum atomic E-state index is -1.22. The van der Waals surface area contributed by atoms with Gasteiger partial charge in [-0.3, -0.25) is 0 Å². The van der Waals surface area contributed by atoms with Gasteiger partial charge in [0.1, 0.15) is 17.1 Å². The first-order valence-electron chi connectivity index (χ1n) is 9.98. The number of hydrogen-bond donors (Lipinski definition) is 3. The fourth-order valence-electron chi connectivity index (χ4n) is 3.13. The number of benzene rings is 3. The first-order chi connectivity index (χ1) is 16.0. The van der Waals surface area contributed by atoms with Gasteiger partial charge in [0.2, 0.25) is 5.95 Å². The van der Waals surface area contributed by atoms with Crippen LogP contribution in [-0.4, -0.2) is 39.5 Å². The molecule has 33 heavy (non-hydrogen) atoms. The third-order valence-corrected chi connectivity index (χ3v) is 4.81. The molecule has 0 spiro atoms. The quantitative estimate of drug-likeness (QED) is 0.282. The topological polar surface area (TPSA) is 117 Å². The molecule has 8 nitrogen and oxygen atoms in total. The summed E-state index contributed by atoms with van der Waals surface area (Å²) in [4.78, 5) is 20.3. The maximum atomic E-state index is 11.2. The van der Waals surface area contributed by atoms with E-state index in [-0.39, 0.29) is 17.3 Å². The summed E-state index contributed by atoms with van der Waals surface area (Å²) in [6.07, 6.45) is 1.43. The molecule has 0 amide bonds. The molecule has 0 bridgehead atoms. The molecule has 0 aliphatic rings. The zero-order chi connectivity index (χ0) is 23.2. The third kappa shape index (κ3) is 5.13. The lowest BCUT2D eigenvalue weighted by atomic mass is 10.1. The molecule has 1 heterocycles. The number of carbonyl (C=O) groups is 1. The van der Waals surface area contributed by atoms with Gasteiger partial charge in [0.05, 0.1) is 24.7 Å². The summed E-state index contributed by atoms with van der Waals surface area (Å²) in [5.41, 5.74) is 6.31. The van der Waals surface area contributed by atoms with E-state index in [0.29, 0.717) is 17.0 Å². The summed E-state index contributed by atoms with van der Waals surface area (Å²) >= 11 is 0. The van der Waals surface area contributed by atoms with E-state index in [4.69, 9.17) is 9.84 Å². The molecule has 0 radical (unpaired) electrons. The SMILES string of the molecule is COc1ccc(-c2cc(-c3ccccc3)nc(NN=Cc3ccc(O)c(C(=O)O)c3)n2)cc1. The van der Waals surface area contributed by atoms with Gasteiger partial charge in [-0.15, -0.1) is 0 Å². The third-order valence-electron chi connectivity index (χ3n) is 4.81. The molecule has 0 saturated carbocycles. The molecule has 4 rings (SSSR count). The van der Waals surface area contributed by atoms with Gasteiger partial charge >= 0.3 is 5.97 Å². The van der Waals surface area contributed by atoms with E-state index in [9.17, 15) is 9.90 Å². The van der Waals surface area contributed by atoms with Gasteiger partial charge in [-0.25, -0.2) is 20.2 Å². The molecule has 8 heteroatoms. The second kappa shape index (κ2) is 9.61. The van der Waals surface area contributed by atoms with Gasteiger partial charge in [0.25, 0.3) is 0 Å². The molecular weight excluding hydrogens is 420 g/mol. The molecule has 0 saturated heterocycles. The van der Waals surface area contributed by atoms with Crippen LogP contribution in [-0.2, 0) is 0 Å². The van der Waals surface area contributed by atoms with Crippen molar-refractivity contribution >= 4 is 18.1 Å². The van der Waals surface area contributed by atoms with Crippen LogP contribution in [0.25, 0.3) is 22.5 Å². The van der Waals surface area contributed by atoms with Crippen molar-refractivity contribution in [1.29, 1.82) is 0 Å². The van der Waals surface area contributed by atoms with Crippen LogP contribution in [0.2, 0.25) is 0 Å². The summed E-state index contributed by atoms with van der Waals surface area (Å²) < 4.78 is 5.23. The number of nitrogens with one attached hydrogen (secondary N) is 1. The molecule has 0 fully saturated rings. The number of rotatable bonds is 7. The number of carboxylic acid groups (broad SMARTS) is 1. The number of nitrogens with zero attached hydrogens (tertiary/aromatic N) is 3. The van der Waals surface area contributed by atoms with Crippen LogP contribution < -0.4 is 10.2 Å². The van der Waals surface area contributed by atoms with Crippen LogP contribution in [0.1, 0.15) is 15.9 Å². The number of phenols is 1. The molecule has 3 N–H and O–H groups in total. The lowest BCUT2D eigenvalue weighted by Crippen LogP contribution is -2.01. The lowest BCUT2D eigenvalue weighted by Gasteiger charge is -2.09. The highest BCUT2D eigenvalue weighted by Crippen LogP contribution is 2.26. The Hall–Kier alpha value is -4.72. The predicted octanol–water partition coefficient (Wildman–Crippen LogP) is 4.67. The molecule has 0 aliphatic carbocycles. The second-order valence-electron chi connectivity index (χ2n) is 7.01. The zero-order valence-corrected chi connectivity index (χ0v) is 17.6. The number of hydrogen-bond acceptors (Lipinski definition) is 7. The van der Waals surface area contributed by atoms with Crippen molar-refractivity contribution in [2.24, 2.45) is 5.10 Å². The molecule has 3 aromatic carbocycles. The summed E-state index contributed by atoms with van der Waals surface area (Å²) in [7, 11) is 1.61. The maximum absolute atomic E-state index is 11.2. The van der Waals surface area contributed by atoms with Crippen molar-refractivity contribution in [3.8, 4) is 34.0 Å². The van der Waals surface area contributed by atoms with Crippen LogP contribution in [0.5, 0.6) is 11.5 Å². The fraction of sp³-hybridized carbons (Fsp3) is 0.0400. The van der Waals surface area contributed by atoms with Crippen LogP contribution >= 0.6 is 0 Å². The summed E-state index contributed by atoms with van der Waals surface area (Å²) in [5, 5.41) is 23.0. The van der Waals surface area contributed by atoms with E-state index in [1.54, 1.807) is 13.2 Å². The number of carboxylic acids is 1. The van der Waals surface area contributed by atoms with Crippen molar-refractivity contribution in [2.45, 2.75) is 0 Å². The number of hydrazone groups is 1. The average molecular weight is 440 g/mol. The van der Waals surface area contributed by atoms with Gasteiger partial charge in [-0.1, -0.05) is 30.3 Å². The number of methoxy groups -OCH3 is 1. The Bertz CT molecular complexity index is 1310. The van der Waals surface area contributed by atoms with Crippen molar-refractivity contribution < 1.29 is 19.7 Å². The molecule has 164 valence electrons. The molecule has 1 aromatic heterocycles. The molecule has 4 aromatic rings. The highest BCUT2D eigenvalue weighted by atomic mass is 16.5. The Kier molecular flexibility index (Phi) is 6.26. The molecule has 0 aliphatic heterocycles. The first kappa shape index (κ1) is 21.5. The largest absolute Gasteiger partial charge is 0.507 e. The predicted molar refractivity (Wildman–Crippen MR) is 126 cm³/mol. The highest BCUT2D eigenvalue weighted by Gasteiger charge is 2.10. The lowest BCUT2D eigenvalue weighted by molar-refractivity contribution is 0.0693. The van der Waals surface area contributed by atoms with E-state index < -0.39 is 5.97 Å². The summed E-state index contributed by atoms with van der Waals surface area (Å²) in [6.45, 7) is 0. The average Bonchev–Trinajstić information content (AvgIpc) is 2.85. The number of aromatic hydroxyl groups is 1. The minimum absolute atomic E-state index is 0.205. The Morgan fingerprint density at radius 1 is 0.939 bits per heavy atom. The molecular formula is C25H20N4O4. The summed E-state index contributed by atoms with van der Waals surface area (Å²) in [6, 6.07) is 23.3. The Labute approximate surface area is 189 Å².